The van der Waals surface area contributed by atoms with Crippen molar-refractivity contribution in [2.45, 2.75) is 50.3 Å². The van der Waals surface area contributed by atoms with Gasteiger partial charge >= 0.3 is 0 Å². The molecule has 0 spiro atoms. The van der Waals surface area contributed by atoms with Crippen LogP contribution in [0.1, 0.15) is 31.2 Å². The molecule has 6 nitrogen and oxygen atoms in total. The zero-order valence-electron chi connectivity index (χ0n) is 16.0. The summed E-state index contributed by atoms with van der Waals surface area (Å²) in [5, 5.41) is 16.7. The molecule has 0 aliphatic carbocycles. The summed E-state index contributed by atoms with van der Waals surface area (Å²) in [5.74, 6) is 0.773. The largest absolute Gasteiger partial charge is 0.383 e. The van der Waals surface area contributed by atoms with Crippen LogP contribution in [0.15, 0.2) is 30.3 Å². The van der Waals surface area contributed by atoms with Gasteiger partial charge in [0.25, 0.3) is 0 Å². The van der Waals surface area contributed by atoms with E-state index >= 15 is 0 Å². The van der Waals surface area contributed by atoms with Crippen molar-refractivity contribution in [1.82, 2.24) is 15.5 Å². The molecule has 4 rings (SSSR count). The highest BCUT2D eigenvalue weighted by Crippen LogP contribution is 2.39. The molecule has 3 aliphatic heterocycles. The van der Waals surface area contributed by atoms with E-state index in [0.717, 1.165) is 37.9 Å². The first kappa shape index (κ1) is 21.1. The van der Waals surface area contributed by atoms with Crippen LogP contribution in [-0.4, -0.2) is 59.6 Å². The molecule has 2 amide bonds. The molecule has 0 saturated carbocycles. The van der Waals surface area contributed by atoms with Gasteiger partial charge < -0.3 is 20.6 Å². The van der Waals surface area contributed by atoms with E-state index in [9.17, 15) is 14.7 Å². The molecule has 0 aromatic heterocycles. The zero-order chi connectivity index (χ0) is 18.8. The summed E-state index contributed by atoms with van der Waals surface area (Å²) in [7, 11) is 0. The Labute approximate surface area is 172 Å². The quantitative estimate of drug-likeness (QED) is 0.683. The van der Waals surface area contributed by atoms with Crippen LogP contribution in [0, 0.1) is 11.8 Å². The van der Waals surface area contributed by atoms with Crippen LogP contribution < -0.4 is 10.6 Å². The fraction of sp³-hybridized carbons (Fsp3) is 0.619. The van der Waals surface area contributed by atoms with Crippen LogP contribution in [-0.2, 0) is 16.0 Å². The molecule has 1 aromatic carbocycles. The van der Waals surface area contributed by atoms with E-state index in [0.29, 0.717) is 37.3 Å². The third-order valence-corrected chi connectivity index (χ3v) is 6.46. The Morgan fingerprint density at radius 3 is 2.79 bits per heavy atom. The van der Waals surface area contributed by atoms with Crippen LogP contribution in [0.25, 0.3) is 0 Å². The number of hydrogen-bond acceptors (Lipinski definition) is 4. The Morgan fingerprint density at radius 2 is 2.00 bits per heavy atom. The number of benzene rings is 1. The van der Waals surface area contributed by atoms with Crippen LogP contribution in [0.3, 0.4) is 0 Å². The first-order chi connectivity index (χ1) is 13.1. The monoisotopic (exact) mass is 407 g/mol. The summed E-state index contributed by atoms with van der Waals surface area (Å²) >= 11 is 0. The number of aliphatic hydroxyl groups is 1. The SMILES string of the molecule is Cl.O=C(NC[C@H]1[C@@H]2CNC[C@@H](C2)[C@@H]2CCCC(=O)N21)[C@@H](O)Cc1ccccc1. The molecule has 3 N–H and O–H groups in total. The van der Waals surface area contributed by atoms with Crippen LogP contribution in [0.5, 0.6) is 0 Å². The molecule has 28 heavy (non-hydrogen) atoms. The number of fused-ring (bicyclic) bond motifs is 4. The van der Waals surface area contributed by atoms with E-state index in [1.807, 2.05) is 30.3 Å². The molecular weight excluding hydrogens is 378 g/mol. The van der Waals surface area contributed by atoms with Crippen molar-refractivity contribution in [2.24, 2.45) is 11.8 Å². The highest BCUT2D eigenvalue weighted by atomic mass is 35.5. The van der Waals surface area contributed by atoms with E-state index in [1.54, 1.807) is 0 Å². The molecular formula is C21H30ClN3O3. The Bertz CT molecular complexity index is 687. The third kappa shape index (κ3) is 4.34. The maximum Gasteiger partial charge on any atom is 0.249 e. The van der Waals surface area contributed by atoms with Crippen LogP contribution >= 0.6 is 12.4 Å². The number of aliphatic hydroxyl groups excluding tert-OH is 1. The smallest absolute Gasteiger partial charge is 0.249 e. The number of nitrogens with one attached hydrogen (secondary N) is 2. The van der Waals surface area contributed by atoms with Gasteiger partial charge in [-0.3, -0.25) is 9.59 Å². The normalized spacial score (nSPS) is 30.0. The van der Waals surface area contributed by atoms with Crippen LogP contribution in [0.2, 0.25) is 0 Å². The number of carbonyl (C=O) groups excluding carboxylic acids is 2. The minimum atomic E-state index is -1.07. The summed E-state index contributed by atoms with van der Waals surface area (Å²) in [6.07, 6.45) is 3.00. The first-order valence-electron chi connectivity index (χ1n) is 10.1. The van der Waals surface area contributed by atoms with Crippen molar-refractivity contribution in [2.75, 3.05) is 19.6 Å². The number of halogens is 1. The van der Waals surface area contributed by atoms with Gasteiger partial charge in [0.05, 0.1) is 6.04 Å². The van der Waals surface area contributed by atoms with Crippen molar-refractivity contribution >= 4 is 24.2 Å². The second kappa shape index (κ2) is 9.25. The number of rotatable bonds is 5. The highest BCUT2D eigenvalue weighted by Gasteiger charge is 2.47. The number of amides is 2. The van der Waals surface area contributed by atoms with Gasteiger partial charge in [-0.25, -0.2) is 0 Å². The maximum absolute atomic E-state index is 12.6. The summed E-state index contributed by atoms with van der Waals surface area (Å²) in [6.45, 7) is 2.30. The van der Waals surface area contributed by atoms with E-state index in [-0.39, 0.29) is 30.3 Å². The number of piperidine rings is 3. The molecule has 2 bridgehead atoms. The fourth-order valence-corrected chi connectivity index (χ4v) is 5.15. The second-order valence-corrected chi connectivity index (χ2v) is 8.19. The van der Waals surface area contributed by atoms with E-state index < -0.39 is 6.10 Å². The Morgan fingerprint density at radius 1 is 1.25 bits per heavy atom. The van der Waals surface area contributed by atoms with Crippen molar-refractivity contribution in [1.29, 1.82) is 0 Å². The van der Waals surface area contributed by atoms with Crippen molar-refractivity contribution in [3.05, 3.63) is 35.9 Å². The van der Waals surface area contributed by atoms with Gasteiger partial charge in [0, 0.05) is 32.0 Å². The van der Waals surface area contributed by atoms with Crippen molar-refractivity contribution < 1.29 is 14.7 Å². The molecule has 0 unspecified atom stereocenters. The van der Waals surface area contributed by atoms with Gasteiger partial charge in [0.2, 0.25) is 11.8 Å². The summed E-state index contributed by atoms with van der Waals surface area (Å²) in [6, 6.07) is 9.85. The summed E-state index contributed by atoms with van der Waals surface area (Å²) < 4.78 is 0. The lowest BCUT2D eigenvalue weighted by Gasteiger charge is -2.54. The molecule has 3 aliphatic rings. The molecule has 3 heterocycles. The van der Waals surface area contributed by atoms with E-state index in [2.05, 4.69) is 15.5 Å². The standard InChI is InChI=1S/C21H29N3O3.ClH/c25-19(9-14-5-2-1-3-6-14)21(27)23-13-18-16-10-15(11-22-12-16)17-7-4-8-20(26)24(17)18;/h1-3,5-6,15-19,22,25H,4,7-13H2,(H,23,27);1H/t15-,16+,17+,18+,19+;/m1./s1. The average Bonchev–Trinajstić information content (AvgIpc) is 2.69. The molecule has 5 atom stereocenters. The van der Waals surface area contributed by atoms with Gasteiger partial charge in [-0.05, 0) is 43.2 Å². The predicted molar refractivity (Wildman–Crippen MR) is 109 cm³/mol. The van der Waals surface area contributed by atoms with Crippen molar-refractivity contribution in [3.8, 4) is 0 Å². The summed E-state index contributed by atoms with van der Waals surface area (Å²) in [4.78, 5) is 27.1. The maximum atomic E-state index is 12.6. The van der Waals surface area contributed by atoms with Crippen molar-refractivity contribution in [3.63, 3.8) is 0 Å². The number of hydrogen-bond donors (Lipinski definition) is 3. The average molecular weight is 408 g/mol. The predicted octanol–water partition coefficient (Wildman–Crippen LogP) is 1.12. The lowest BCUT2D eigenvalue weighted by atomic mass is 9.72. The van der Waals surface area contributed by atoms with Gasteiger partial charge in [-0.2, -0.15) is 0 Å². The molecule has 1 aromatic rings. The second-order valence-electron chi connectivity index (χ2n) is 8.19. The van der Waals surface area contributed by atoms with Gasteiger partial charge in [0.15, 0.2) is 0 Å². The Hall–Kier alpha value is -1.63. The summed E-state index contributed by atoms with van der Waals surface area (Å²) in [5.41, 5.74) is 0.934. The first-order valence-corrected chi connectivity index (χ1v) is 10.1. The minimum Gasteiger partial charge on any atom is -0.383 e. The van der Waals surface area contributed by atoms with Crippen LogP contribution in [0.4, 0.5) is 0 Å². The van der Waals surface area contributed by atoms with Gasteiger partial charge in [-0.15, -0.1) is 12.4 Å². The highest BCUT2D eigenvalue weighted by molar-refractivity contribution is 5.85. The molecule has 3 saturated heterocycles. The van der Waals surface area contributed by atoms with Gasteiger partial charge in [0.1, 0.15) is 6.10 Å². The molecule has 7 heteroatoms. The Kier molecular flexibility index (Phi) is 6.96. The number of nitrogens with zero attached hydrogens (tertiary/aromatic N) is 1. The third-order valence-electron chi connectivity index (χ3n) is 6.46. The lowest BCUT2D eigenvalue weighted by molar-refractivity contribution is -0.150. The Balaban J connectivity index is 0.00000225. The number of carbonyl (C=O) groups is 2. The molecule has 3 fully saturated rings. The lowest BCUT2D eigenvalue weighted by Crippen LogP contribution is -2.66. The molecule has 0 radical (unpaired) electrons. The zero-order valence-corrected chi connectivity index (χ0v) is 16.9. The molecule has 154 valence electrons. The fourth-order valence-electron chi connectivity index (χ4n) is 5.15. The topological polar surface area (TPSA) is 81.7 Å². The van der Waals surface area contributed by atoms with E-state index in [4.69, 9.17) is 0 Å². The van der Waals surface area contributed by atoms with Gasteiger partial charge in [-0.1, -0.05) is 30.3 Å². The minimum absolute atomic E-state index is 0. The van der Waals surface area contributed by atoms with E-state index in [1.165, 1.54) is 0 Å².